The molecule has 1 aliphatic heterocycles. The molecule has 17 heavy (non-hydrogen) atoms. The Morgan fingerprint density at radius 2 is 2.06 bits per heavy atom. The smallest absolute Gasteiger partial charge is 0.150 e. The molecule has 2 atom stereocenters. The van der Waals surface area contributed by atoms with Crippen LogP contribution in [-0.4, -0.2) is 31.6 Å². The fraction of sp³-hybridized carbons (Fsp3) is 0.500. The van der Waals surface area contributed by atoms with Crippen LogP contribution in [0.4, 0.5) is 0 Å². The van der Waals surface area contributed by atoms with Crippen molar-refractivity contribution in [2.24, 2.45) is 11.7 Å². The van der Waals surface area contributed by atoms with E-state index in [0.29, 0.717) is 13.0 Å². The molecular weight excluding hydrogens is 238 g/mol. The standard InChI is InChI=1S/C12H17NO3S/c13-7-9-8-17(15,16)6-5-10(9)11-3-1-2-4-12(11)14/h1-4,9-10,14H,5-8,13H2. The average Bonchev–Trinajstić information content (AvgIpc) is 2.29. The van der Waals surface area contributed by atoms with Crippen LogP contribution in [0.3, 0.4) is 0 Å². The van der Waals surface area contributed by atoms with Gasteiger partial charge in [-0.3, -0.25) is 0 Å². The predicted molar refractivity (Wildman–Crippen MR) is 66.7 cm³/mol. The summed E-state index contributed by atoms with van der Waals surface area (Å²) in [5.41, 5.74) is 6.47. The van der Waals surface area contributed by atoms with E-state index in [1.807, 2.05) is 12.1 Å². The molecule has 3 N–H and O–H groups in total. The van der Waals surface area contributed by atoms with Crippen LogP contribution in [-0.2, 0) is 9.84 Å². The van der Waals surface area contributed by atoms with E-state index >= 15 is 0 Å². The van der Waals surface area contributed by atoms with Crippen LogP contribution in [0.15, 0.2) is 24.3 Å². The second kappa shape index (κ2) is 4.66. The number of benzene rings is 1. The normalized spacial score (nSPS) is 27.8. The van der Waals surface area contributed by atoms with E-state index in [9.17, 15) is 13.5 Å². The van der Waals surface area contributed by atoms with Crippen LogP contribution < -0.4 is 5.73 Å². The summed E-state index contributed by atoms with van der Waals surface area (Å²) in [4.78, 5) is 0. The van der Waals surface area contributed by atoms with E-state index in [2.05, 4.69) is 0 Å². The first-order valence-corrected chi connectivity index (χ1v) is 7.54. The van der Waals surface area contributed by atoms with Crippen LogP contribution in [0, 0.1) is 5.92 Å². The van der Waals surface area contributed by atoms with Gasteiger partial charge >= 0.3 is 0 Å². The minimum absolute atomic E-state index is 0.0460. The number of para-hydroxylation sites is 1. The van der Waals surface area contributed by atoms with E-state index in [4.69, 9.17) is 5.73 Å². The third kappa shape index (κ3) is 2.61. The highest BCUT2D eigenvalue weighted by atomic mass is 32.2. The summed E-state index contributed by atoms with van der Waals surface area (Å²) < 4.78 is 23.1. The summed E-state index contributed by atoms with van der Waals surface area (Å²) >= 11 is 0. The molecule has 0 bridgehead atoms. The monoisotopic (exact) mass is 255 g/mol. The van der Waals surface area contributed by atoms with Gasteiger partial charge in [-0.15, -0.1) is 0 Å². The van der Waals surface area contributed by atoms with E-state index in [1.54, 1.807) is 12.1 Å². The number of aromatic hydroxyl groups is 1. The van der Waals surface area contributed by atoms with Crippen LogP contribution in [0.2, 0.25) is 0 Å². The van der Waals surface area contributed by atoms with E-state index in [1.165, 1.54) is 0 Å². The van der Waals surface area contributed by atoms with Gasteiger partial charge in [0, 0.05) is 0 Å². The summed E-state index contributed by atoms with van der Waals surface area (Å²) in [6.45, 7) is 0.332. The van der Waals surface area contributed by atoms with E-state index in [0.717, 1.165) is 5.56 Å². The first-order chi connectivity index (χ1) is 8.03. The van der Waals surface area contributed by atoms with Crippen molar-refractivity contribution >= 4 is 9.84 Å². The van der Waals surface area contributed by atoms with Gasteiger partial charge in [0.25, 0.3) is 0 Å². The van der Waals surface area contributed by atoms with Crippen molar-refractivity contribution in [3.63, 3.8) is 0 Å². The highest BCUT2D eigenvalue weighted by molar-refractivity contribution is 7.91. The van der Waals surface area contributed by atoms with Gasteiger partial charge in [-0.2, -0.15) is 0 Å². The number of hydrogen-bond acceptors (Lipinski definition) is 4. The minimum atomic E-state index is -2.96. The Kier molecular flexibility index (Phi) is 3.40. The molecule has 5 heteroatoms. The largest absolute Gasteiger partial charge is 0.508 e. The quantitative estimate of drug-likeness (QED) is 0.821. The van der Waals surface area contributed by atoms with Gasteiger partial charge in [-0.05, 0) is 36.4 Å². The molecule has 2 rings (SSSR count). The molecule has 2 unspecified atom stereocenters. The maximum atomic E-state index is 11.6. The molecular formula is C12H17NO3S. The zero-order valence-corrected chi connectivity index (χ0v) is 10.4. The highest BCUT2D eigenvalue weighted by Crippen LogP contribution is 2.37. The average molecular weight is 255 g/mol. The summed E-state index contributed by atoms with van der Waals surface area (Å²) in [7, 11) is -2.96. The molecule has 0 aromatic heterocycles. The third-order valence-electron chi connectivity index (χ3n) is 3.42. The molecule has 4 nitrogen and oxygen atoms in total. The summed E-state index contributed by atoms with van der Waals surface area (Å²) in [6.07, 6.45) is 0.543. The van der Waals surface area contributed by atoms with Gasteiger partial charge in [0.1, 0.15) is 5.75 Å². The summed E-state index contributed by atoms with van der Waals surface area (Å²) in [5, 5.41) is 9.82. The Labute approximate surface area is 101 Å². The Bertz CT molecular complexity index is 498. The second-order valence-electron chi connectivity index (χ2n) is 4.56. The lowest BCUT2D eigenvalue weighted by molar-refractivity contribution is 0.405. The van der Waals surface area contributed by atoms with Crippen molar-refractivity contribution in [1.82, 2.24) is 0 Å². The van der Waals surface area contributed by atoms with Gasteiger partial charge in [0.2, 0.25) is 0 Å². The van der Waals surface area contributed by atoms with Gasteiger partial charge in [-0.25, -0.2) is 8.42 Å². The number of hydrogen-bond donors (Lipinski definition) is 2. The molecule has 1 fully saturated rings. The SMILES string of the molecule is NCC1CS(=O)(=O)CCC1c1ccccc1O. The topological polar surface area (TPSA) is 80.4 Å². The zero-order valence-electron chi connectivity index (χ0n) is 9.54. The van der Waals surface area contributed by atoms with Gasteiger partial charge in [0.05, 0.1) is 11.5 Å². The number of nitrogens with two attached hydrogens (primary N) is 1. The Balaban J connectivity index is 2.30. The van der Waals surface area contributed by atoms with Crippen molar-refractivity contribution in [3.8, 4) is 5.75 Å². The van der Waals surface area contributed by atoms with Crippen LogP contribution >= 0.6 is 0 Å². The van der Waals surface area contributed by atoms with Crippen LogP contribution in [0.25, 0.3) is 0 Å². The lowest BCUT2D eigenvalue weighted by Gasteiger charge is -2.31. The molecule has 1 aromatic rings. The molecule has 0 amide bonds. The Morgan fingerprint density at radius 1 is 1.35 bits per heavy atom. The maximum Gasteiger partial charge on any atom is 0.150 e. The van der Waals surface area contributed by atoms with Crippen LogP contribution in [0.5, 0.6) is 5.75 Å². The fourth-order valence-electron chi connectivity index (χ4n) is 2.51. The molecule has 0 saturated carbocycles. The number of phenols is 1. The van der Waals surface area contributed by atoms with Crippen LogP contribution in [0.1, 0.15) is 17.9 Å². The third-order valence-corrected chi connectivity index (χ3v) is 5.21. The van der Waals surface area contributed by atoms with E-state index in [-0.39, 0.29) is 29.1 Å². The maximum absolute atomic E-state index is 11.6. The zero-order chi connectivity index (χ0) is 12.5. The molecule has 0 aliphatic carbocycles. The predicted octanol–water partition coefficient (Wildman–Crippen LogP) is 0.869. The molecule has 0 spiro atoms. The molecule has 1 saturated heterocycles. The van der Waals surface area contributed by atoms with Crippen molar-refractivity contribution in [2.75, 3.05) is 18.1 Å². The van der Waals surface area contributed by atoms with Crippen molar-refractivity contribution < 1.29 is 13.5 Å². The first kappa shape index (κ1) is 12.4. The molecule has 94 valence electrons. The Hall–Kier alpha value is -1.07. The lowest BCUT2D eigenvalue weighted by Crippen LogP contribution is -2.36. The van der Waals surface area contributed by atoms with Crippen molar-refractivity contribution in [1.29, 1.82) is 0 Å². The minimum Gasteiger partial charge on any atom is -0.508 e. The molecule has 1 aromatic carbocycles. The summed E-state index contributed by atoms with van der Waals surface area (Å²) in [5.74, 6) is 0.493. The lowest BCUT2D eigenvalue weighted by atomic mass is 9.84. The molecule has 1 aliphatic rings. The van der Waals surface area contributed by atoms with E-state index < -0.39 is 9.84 Å². The molecule has 0 radical (unpaired) electrons. The second-order valence-corrected chi connectivity index (χ2v) is 6.79. The van der Waals surface area contributed by atoms with Gasteiger partial charge < -0.3 is 10.8 Å². The highest BCUT2D eigenvalue weighted by Gasteiger charge is 2.34. The fourth-order valence-corrected chi connectivity index (χ4v) is 4.31. The number of rotatable bonds is 2. The van der Waals surface area contributed by atoms with Crippen molar-refractivity contribution in [2.45, 2.75) is 12.3 Å². The number of sulfone groups is 1. The summed E-state index contributed by atoms with van der Waals surface area (Å²) in [6, 6.07) is 7.09. The number of phenolic OH excluding ortho intramolecular Hbond substituents is 1. The first-order valence-electron chi connectivity index (χ1n) is 5.72. The molecule has 1 heterocycles. The van der Waals surface area contributed by atoms with Gasteiger partial charge in [0.15, 0.2) is 9.84 Å². The van der Waals surface area contributed by atoms with Crippen molar-refractivity contribution in [3.05, 3.63) is 29.8 Å². The van der Waals surface area contributed by atoms with Gasteiger partial charge in [-0.1, -0.05) is 18.2 Å². The Morgan fingerprint density at radius 3 is 2.71 bits per heavy atom.